The fourth-order valence-corrected chi connectivity index (χ4v) is 3.31. The number of fused-ring (bicyclic) bond motifs is 1. The second-order valence-corrected chi connectivity index (χ2v) is 5.73. The highest BCUT2D eigenvalue weighted by Crippen LogP contribution is 2.25. The average Bonchev–Trinajstić information content (AvgIpc) is 2.97. The molecule has 0 atom stereocenters. The molecule has 0 unspecified atom stereocenters. The van der Waals surface area contributed by atoms with Crippen molar-refractivity contribution in [2.24, 2.45) is 7.05 Å². The van der Waals surface area contributed by atoms with Gasteiger partial charge < -0.3 is 9.67 Å². The second-order valence-electron chi connectivity index (χ2n) is 5.73. The van der Waals surface area contributed by atoms with E-state index in [1.807, 2.05) is 7.05 Å². The first-order valence-electron chi connectivity index (χ1n) is 7.11. The number of carboxylic acids is 1. The SMILES string of the molecule is Cc1cc(CN2CCCC2)cc2cc(C(=O)O)n(C)c12. The molecule has 0 spiro atoms. The number of aryl methyl sites for hydroxylation is 2. The zero-order valence-electron chi connectivity index (χ0n) is 12.0. The standard InChI is InChI=1S/C16H20N2O2/c1-11-7-12(10-18-5-3-4-6-18)8-13-9-14(16(19)20)17(2)15(11)13/h7-9H,3-6,10H2,1-2H3,(H,19,20). The van der Waals surface area contributed by atoms with E-state index in [1.54, 1.807) is 10.6 Å². The molecule has 4 nitrogen and oxygen atoms in total. The van der Waals surface area contributed by atoms with Gasteiger partial charge in [0.05, 0.1) is 5.52 Å². The molecule has 0 amide bonds. The van der Waals surface area contributed by atoms with Gasteiger partial charge in [-0.25, -0.2) is 4.79 Å². The van der Waals surface area contributed by atoms with Crippen LogP contribution in [0.1, 0.15) is 34.5 Å². The van der Waals surface area contributed by atoms with Crippen molar-refractivity contribution in [3.63, 3.8) is 0 Å². The predicted molar refractivity (Wildman–Crippen MR) is 79.1 cm³/mol. The van der Waals surface area contributed by atoms with Gasteiger partial charge in [0.15, 0.2) is 0 Å². The highest BCUT2D eigenvalue weighted by atomic mass is 16.4. The lowest BCUT2D eigenvalue weighted by Gasteiger charge is -2.15. The molecule has 1 saturated heterocycles. The third-order valence-electron chi connectivity index (χ3n) is 4.20. The summed E-state index contributed by atoms with van der Waals surface area (Å²) in [4.78, 5) is 13.7. The molecular weight excluding hydrogens is 252 g/mol. The first-order chi connectivity index (χ1) is 9.56. The van der Waals surface area contributed by atoms with Crippen molar-refractivity contribution in [3.8, 4) is 0 Å². The summed E-state index contributed by atoms with van der Waals surface area (Å²) in [7, 11) is 1.82. The van der Waals surface area contributed by atoms with Gasteiger partial charge in [-0.15, -0.1) is 0 Å². The van der Waals surface area contributed by atoms with Crippen LogP contribution in [0, 0.1) is 6.92 Å². The number of carbonyl (C=O) groups is 1. The van der Waals surface area contributed by atoms with Gasteiger partial charge in [-0.05, 0) is 56.1 Å². The molecule has 0 bridgehead atoms. The monoisotopic (exact) mass is 272 g/mol. The molecule has 20 heavy (non-hydrogen) atoms. The minimum Gasteiger partial charge on any atom is -0.477 e. The minimum atomic E-state index is -0.871. The Bertz CT molecular complexity index is 667. The fourth-order valence-electron chi connectivity index (χ4n) is 3.31. The molecule has 2 heterocycles. The number of carboxylic acid groups (broad SMARTS) is 1. The third kappa shape index (κ3) is 2.20. The largest absolute Gasteiger partial charge is 0.477 e. The summed E-state index contributed by atoms with van der Waals surface area (Å²) in [6.07, 6.45) is 2.57. The van der Waals surface area contributed by atoms with Crippen LogP contribution in [0.3, 0.4) is 0 Å². The van der Waals surface area contributed by atoms with Gasteiger partial charge in [0.1, 0.15) is 5.69 Å². The molecule has 2 aromatic rings. The summed E-state index contributed by atoms with van der Waals surface area (Å²) in [6, 6.07) is 6.09. The lowest BCUT2D eigenvalue weighted by molar-refractivity contribution is 0.0687. The van der Waals surface area contributed by atoms with Crippen molar-refractivity contribution in [1.29, 1.82) is 0 Å². The highest BCUT2D eigenvalue weighted by molar-refractivity contribution is 5.95. The molecule has 0 radical (unpaired) electrons. The fraction of sp³-hybridized carbons (Fsp3) is 0.438. The summed E-state index contributed by atoms with van der Waals surface area (Å²) in [5, 5.41) is 10.3. The van der Waals surface area contributed by atoms with Crippen LogP contribution in [0.2, 0.25) is 0 Å². The van der Waals surface area contributed by atoms with Crippen molar-refractivity contribution in [2.75, 3.05) is 13.1 Å². The van der Waals surface area contributed by atoms with Crippen LogP contribution in [-0.2, 0) is 13.6 Å². The molecule has 1 aromatic heterocycles. The average molecular weight is 272 g/mol. The van der Waals surface area contributed by atoms with E-state index in [1.165, 1.54) is 31.5 Å². The number of hydrogen-bond acceptors (Lipinski definition) is 2. The zero-order valence-corrected chi connectivity index (χ0v) is 12.0. The Balaban J connectivity index is 2.02. The van der Waals surface area contributed by atoms with E-state index in [0.717, 1.165) is 23.0 Å². The van der Waals surface area contributed by atoms with Crippen LogP contribution in [0.25, 0.3) is 10.9 Å². The van der Waals surface area contributed by atoms with Gasteiger partial charge in [0, 0.05) is 19.0 Å². The lowest BCUT2D eigenvalue weighted by atomic mass is 10.1. The Labute approximate surface area is 118 Å². The van der Waals surface area contributed by atoms with E-state index < -0.39 is 5.97 Å². The molecule has 106 valence electrons. The quantitative estimate of drug-likeness (QED) is 0.934. The maximum atomic E-state index is 11.2. The van der Waals surface area contributed by atoms with E-state index >= 15 is 0 Å². The molecule has 1 fully saturated rings. The van der Waals surface area contributed by atoms with Gasteiger partial charge in [-0.1, -0.05) is 6.07 Å². The Morgan fingerprint density at radius 1 is 1.25 bits per heavy atom. The van der Waals surface area contributed by atoms with Crippen molar-refractivity contribution in [3.05, 3.63) is 35.0 Å². The van der Waals surface area contributed by atoms with Gasteiger partial charge in [0.2, 0.25) is 0 Å². The van der Waals surface area contributed by atoms with Crippen molar-refractivity contribution >= 4 is 16.9 Å². The molecule has 0 aliphatic carbocycles. The predicted octanol–water partition coefficient (Wildman–Crippen LogP) is 2.78. The Morgan fingerprint density at radius 3 is 2.60 bits per heavy atom. The number of aromatic carboxylic acids is 1. The number of rotatable bonds is 3. The van der Waals surface area contributed by atoms with E-state index in [0.29, 0.717) is 5.69 Å². The number of hydrogen-bond donors (Lipinski definition) is 1. The van der Waals surface area contributed by atoms with Gasteiger partial charge in [-0.3, -0.25) is 4.90 Å². The zero-order chi connectivity index (χ0) is 14.3. The first-order valence-corrected chi connectivity index (χ1v) is 7.11. The lowest BCUT2D eigenvalue weighted by Crippen LogP contribution is -2.18. The van der Waals surface area contributed by atoms with Gasteiger partial charge in [0.25, 0.3) is 0 Å². The van der Waals surface area contributed by atoms with E-state index in [-0.39, 0.29) is 0 Å². The first kappa shape index (κ1) is 13.2. The molecule has 4 heteroatoms. The second kappa shape index (κ2) is 4.94. The third-order valence-corrected chi connectivity index (χ3v) is 4.20. The van der Waals surface area contributed by atoms with Gasteiger partial charge >= 0.3 is 5.97 Å². The van der Waals surface area contributed by atoms with Crippen LogP contribution in [-0.4, -0.2) is 33.6 Å². The van der Waals surface area contributed by atoms with E-state index in [2.05, 4.69) is 24.0 Å². The van der Waals surface area contributed by atoms with Crippen molar-refractivity contribution in [2.45, 2.75) is 26.3 Å². The number of nitrogens with zero attached hydrogens (tertiary/aromatic N) is 2. The smallest absolute Gasteiger partial charge is 0.352 e. The summed E-state index contributed by atoms with van der Waals surface area (Å²) >= 11 is 0. The number of likely N-dealkylation sites (tertiary alicyclic amines) is 1. The van der Waals surface area contributed by atoms with Crippen LogP contribution in [0.15, 0.2) is 18.2 Å². The van der Waals surface area contributed by atoms with Crippen LogP contribution in [0.5, 0.6) is 0 Å². The molecule has 1 aliphatic heterocycles. The van der Waals surface area contributed by atoms with E-state index in [4.69, 9.17) is 0 Å². The highest BCUT2D eigenvalue weighted by Gasteiger charge is 2.16. The maximum Gasteiger partial charge on any atom is 0.352 e. The minimum absolute atomic E-state index is 0.349. The van der Waals surface area contributed by atoms with Crippen LogP contribution < -0.4 is 0 Å². The van der Waals surface area contributed by atoms with Crippen LogP contribution >= 0.6 is 0 Å². The summed E-state index contributed by atoms with van der Waals surface area (Å²) in [5.41, 5.74) is 3.79. The molecule has 0 saturated carbocycles. The molecular formula is C16H20N2O2. The Kier molecular flexibility index (Phi) is 3.26. The normalized spacial score (nSPS) is 16.1. The Morgan fingerprint density at radius 2 is 1.95 bits per heavy atom. The van der Waals surface area contributed by atoms with Crippen molar-refractivity contribution in [1.82, 2.24) is 9.47 Å². The van der Waals surface area contributed by atoms with Crippen molar-refractivity contribution < 1.29 is 9.90 Å². The molecule has 3 rings (SSSR count). The molecule has 1 N–H and O–H groups in total. The summed E-state index contributed by atoms with van der Waals surface area (Å²) in [6.45, 7) is 5.37. The number of aromatic nitrogens is 1. The summed E-state index contributed by atoms with van der Waals surface area (Å²) in [5.74, 6) is -0.871. The van der Waals surface area contributed by atoms with E-state index in [9.17, 15) is 9.90 Å². The topological polar surface area (TPSA) is 45.5 Å². The molecule has 1 aromatic carbocycles. The molecule has 1 aliphatic rings. The maximum absolute atomic E-state index is 11.2. The Hall–Kier alpha value is -1.81. The summed E-state index contributed by atoms with van der Waals surface area (Å²) < 4.78 is 1.77. The van der Waals surface area contributed by atoms with Gasteiger partial charge in [-0.2, -0.15) is 0 Å². The van der Waals surface area contributed by atoms with Crippen LogP contribution in [0.4, 0.5) is 0 Å². The number of benzene rings is 1.